The number of esters is 1. The van der Waals surface area contributed by atoms with Crippen LogP contribution in [0.2, 0.25) is 0 Å². The Morgan fingerprint density at radius 2 is 1.89 bits per heavy atom. The summed E-state index contributed by atoms with van der Waals surface area (Å²) in [6.07, 6.45) is 2.36. The zero-order valence-electron chi connectivity index (χ0n) is 21.2. The lowest BCUT2D eigenvalue weighted by molar-refractivity contribution is -0.177. The van der Waals surface area contributed by atoms with Gasteiger partial charge >= 0.3 is 5.97 Å². The predicted octanol–water partition coefficient (Wildman–Crippen LogP) is 4.01. The molecule has 5 rings (SSSR count). The van der Waals surface area contributed by atoms with Crippen molar-refractivity contribution in [2.45, 2.75) is 37.6 Å². The quantitative estimate of drug-likeness (QED) is 0.311. The smallest absolute Gasteiger partial charge is 0.340 e. The Balaban J connectivity index is 1.19. The fourth-order valence-electron chi connectivity index (χ4n) is 4.85. The highest BCUT2D eigenvalue weighted by Crippen LogP contribution is 2.38. The number of aliphatic hydroxyl groups excluding tert-OH is 2. The second-order valence-corrected chi connectivity index (χ2v) is 10.8. The first-order valence-corrected chi connectivity index (χ1v) is 13.5. The van der Waals surface area contributed by atoms with Gasteiger partial charge in [0.05, 0.1) is 15.2 Å². The molecule has 1 fully saturated rings. The summed E-state index contributed by atoms with van der Waals surface area (Å²) >= 11 is 1.64. The molecule has 0 radical (unpaired) electrons. The maximum Gasteiger partial charge on any atom is 0.340 e. The average molecular weight is 534 g/mol. The van der Waals surface area contributed by atoms with Crippen LogP contribution in [0.5, 0.6) is 5.75 Å². The Kier molecular flexibility index (Phi) is 7.99. The van der Waals surface area contributed by atoms with Gasteiger partial charge in [-0.25, -0.2) is 9.78 Å². The van der Waals surface area contributed by atoms with Gasteiger partial charge in [-0.2, -0.15) is 0 Å². The Morgan fingerprint density at radius 1 is 1.11 bits per heavy atom. The fraction of sp³-hybridized carbons (Fsp3) is 0.345. The van der Waals surface area contributed by atoms with E-state index < -0.39 is 23.8 Å². The number of ether oxygens (including phenoxy) is 2. The second kappa shape index (κ2) is 11.6. The number of piperidine rings is 1. The van der Waals surface area contributed by atoms with E-state index >= 15 is 0 Å². The van der Waals surface area contributed by atoms with Gasteiger partial charge in [-0.3, -0.25) is 4.98 Å². The van der Waals surface area contributed by atoms with Crippen LogP contribution in [0, 0.1) is 6.92 Å². The third-order valence-corrected chi connectivity index (χ3v) is 7.82. The van der Waals surface area contributed by atoms with Crippen LogP contribution < -0.4 is 4.74 Å². The predicted molar refractivity (Wildman–Crippen MR) is 145 cm³/mol. The number of thiazole rings is 1. The summed E-state index contributed by atoms with van der Waals surface area (Å²) < 4.78 is 13.0. The van der Waals surface area contributed by atoms with Gasteiger partial charge in [-0.15, -0.1) is 11.3 Å². The number of aromatic nitrogens is 2. The van der Waals surface area contributed by atoms with Crippen LogP contribution in [0.25, 0.3) is 10.2 Å². The molecule has 1 saturated heterocycles. The number of hydrogen-bond acceptors (Lipinski definition) is 9. The molecule has 0 bridgehead atoms. The number of β-amino-alcohol motifs (C(OH)–C–C–N with tert-alkyl or cyclic N) is 1. The summed E-state index contributed by atoms with van der Waals surface area (Å²) in [5, 5.41) is 22.3. The lowest BCUT2D eigenvalue weighted by Crippen LogP contribution is -2.48. The SMILES string of the molecule is Cc1nc2cc(OCC(O)CN3CCC(OC(=O)C(O)c4ccccc4)(c4cccnc4)CC3)ccc2s1. The number of pyridine rings is 1. The maximum absolute atomic E-state index is 13.0. The zero-order valence-corrected chi connectivity index (χ0v) is 22.0. The molecule has 8 nitrogen and oxygen atoms in total. The highest BCUT2D eigenvalue weighted by Gasteiger charge is 2.41. The molecule has 0 spiro atoms. The lowest BCUT2D eigenvalue weighted by Gasteiger charge is -2.42. The molecule has 2 unspecified atom stereocenters. The van der Waals surface area contributed by atoms with E-state index in [9.17, 15) is 15.0 Å². The first kappa shape index (κ1) is 26.2. The molecule has 2 aromatic heterocycles. The molecule has 0 amide bonds. The molecule has 1 aliphatic rings. The third-order valence-electron chi connectivity index (χ3n) is 6.86. The van der Waals surface area contributed by atoms with Crippen molar-refractivity contribution in [3.63, 3.8) is 0 Å². The molecule has 9 heteroatoms. The van der Waals surface area contributed by atoms with Gasteiger partial charge < -0.3 is 24.6 Å². The van der Waals surface area contributed by atoms with Crippen molar-refractivity contribution >= 4 is 27.5 Å². The van der Waals surface area contributed by atoms with Gasteiger partial charge in [-0.1, -0.05) is 36.4 Å². The van der Waals surface area contributed by atoms with Crippen LogP contribution in [-0.4, -0.2) is 63.4 Å². The number of hydrogen-bond donors (Lipinski definition) is 2. The molecule has 38 heavy (non-hydrogen) atoms. The number of aliphatic hydroxyl groups is 2. The highest BCUT2D eigenvalue weighted by atomic mass is 32.1. The van der Waals surface area contributed by atoms with Gasteiger partial charge in [0.25, 0.3) is 0 Å². The first-order valence-electron chi connectivity index (χ1n) is 12.7. The molecule has 2 N–H and O–H groups in total. The number of benzene rings is 2. The van der Waals surface area contributed by atoms with Crippen molar-refractivity contribution in [3.8, 4) is 5.75 Å². The van der Waals surface area contributed by atoms with Crippen molar-refractivity contribution < 1.29 is 24.5 Å². The summed E-state index contributed by atoms with van der Waals surface area (Å²) in [5.74, 6) is -0.00538. The summed E-state index contributed by atoms with van der Waals surface area (Å²) in [7, 11) is 0. The number of aryl methyl sites for hydroxylation is 1. The molecule has 0 aliphatic carbocycles. The molecular weight excluding hydrogens is 502 g/mol. The Hall–Kier alpha value is -3.37. The van der Waals surface area contributed by atoms with Crippen molar-refractivity contribution in [2.75, 3.05) is 26.2 Å². The van der Waals surface area contributed by atoms with Crippen LogP contribution >= 0.6 is 11.3 Å². The molecule has 2 aromatic carbocycles. The number of nitrogens with zero attached hydrogens (tertiary/aromatic N) is 3. The van der Waals surface area contributed by atoms with E-state index in [0.29, 0.717) is 43.8 Å². The maximum atomic E-state index is 13.0. The van der Waals surface area contributed by atoms with Crippen LogP contribution in [0.1, 0.15) is 35.1 Å². The van der Waals surface area contributed by atoms with E-state index in [1.54, 1.807) is 48.0 Å². The van der Waals surface area contributed by atoms with Crippen molar-refractivity contribution in [1.29, 1.82) is 0 Å². The number of rotatable bonds is 9. The minimum Gasteiger partial charge on any atom is -0.491 e. The van der Waals surface area contributed by atoms with E-state index in [0.717, 1.165) is 20.8 Å². The van der Waals surface area contributed by atoms with E-state index in [1.807, 2.05) is 43.3 Å². The van der Waals surface area contributed by atoms with E-state index in [1.165, 1.54) is 0 Å². The van der Waals surface area contributed by atoms with Crippen molar-refractivity contribution in [3.05, 3.63) is 89.2 Å². The molecule has 4 aromatic rings. The lowest BCUT2D eigenvalue weighted by atomic mass is 9.84. The van der Waals surface area contributed by atoms with Gasteiger partial charge in [0, 0.05) is 56.5 Å². The second-order valence-electron chi connectivity index (χ2n) is 9.60. The summed E-state index contributed by atoms with van der Waals surface area (Å²) in [4.78, 5) is 23.8. The number of carbonyl (C=O) groups is 1. The minimum absolute atomic E-state index is 0.164. The molecule has 0 saturated carbocycles. The highest BCUT2D eigenvalue weighted by molar-refractivity contribution is 7.18. The molecule has 198 valence electrons. The Bertz CT molecular complexity index is 1360. The fourth-order valence-corrected chi connectivity index (χ4v) is 5.66. The normalized spacial score (nSPS) is 17.1. The van der Waals surface area contributed by atoms with Gasteiger partial charge in [-0.05, 0) is 30.7 Å². The summed E-state index contributed by atoms with van der Waals surface area (Å²) in [5.41, 5.74) is 1.28. The Morgan fingerprint density at radius 3 is 2.63 bits per heavy atom. The topological polar surface area (TPSA) is 105 Å². The monoisotopic (exact) mass is 533 g/mol. The van der Waals surface area contributed by atoms with Crippen LogP contribution in [-0.2, 0) is 15.1 Å². The van der Waals surface area contributed by atoms with E-state index in [4.69, 9.17) is 9.47 Å². The standard InChI is InChI=1S/C29H31N3O5S/c1-20-31-25-16-24(9-10-26(25)38-20)36-19-23(33)18-32-14-11-29(12-15-32,22-8-5-13-30-17-22)37-28(35)27(34)21-6-3-2-4-7-21/h2-10,13,16-17,23,27,33-34H,11-12,14-15,18-19H2,1H3. The summed E-state index contributed by atoms with van der Waals surface area (Å²) in [6.45, 7) is 3.78. The molecular formula is C29H31N3O5S. The minimum atomic E-state index is -1.37. The van der Waals surface area contributed by atoms with Crippen molar-refractivity contribution in [2.24, 2.45) is 0 Å². The van der Waals surface area contributed by atoms with Gasteiger partial charge in [0.15, 0.2) is 6.10 Å². The molecule has 3 heterocycles. The first-order chi connectivity index (χ1) is 18.4. The van der Waals surface area contributed by atoms with Crippen LogP contribution in [0.3, 0.4) is 0 Å². The van der Waals surface area contributed by atoms with Crippen molar-refractivity contribution in [1.82, 2.24) is 14.9 Å². The largest absolute Gasteiger partial charge is 0.491 e. The number of carbonyl (C=O) groups excluding carboxylic acids is 1. The Labute approximate surface area is 225 Å². The molecule has 1 aliphatic heterocycles. The zero-order chi connectivity index (χ0) is 26.5. The van der Waals surface area contributed by atoms with Gasteiger partial charge in [0.1, 0.15) is 24.1 Å². The number of fused-ring (bicyclic) bond motifs is 1. The van der Waals surface area contributed by atoms with Gasteiger partial charge in [0.2, 0.25) is 0 Å². The average Bonchev–Trinajstić information content (AvgIpc) is 3.33. The van der Waals surface area contributed by atoms with E-state index in [-0.39, 0.29) is 6.61 Å². The van der Waals surface area contributed by atoms with E-state index in [2.05, 4.69) is 14.9 Å². The number of likely N-dealkylation sites (tertiary alicyclic amines) is 1. The molecule has 2 atom stereocenters. The summed E-state index contributed by atoms with van der Waals surface area (Å²) in [6, 6.07) is 18.3. The third kappa shape index (κ3) is 6.02. The van der Waals surface area contributed by atoms with Crippen LogP contribution in [0.4, 0.5) is 0 Å². The van der Waals surface area contributed by atoms with Crippen LogP contribution in [0.15, 0.2) is 73.1 Å².